The Balaban J connectivity index is 2.21. The zero-order valence-corrected chi connectivity index (χ0v) is 11.4. The van der Waals surface area contributed by atoms with Crippen molar-refractivity contribution in [2.24, 2.45) is 7.05 Å². The molecule has 9 nitrogen and oxygen atoms in total. The monoisotopic (exact) mass is 263 g/mol. The number of nitrogens with two attached hydrogens (primary N) is 1. The molecular formula is C10H17N9. The Bertz CT molecular complexity index is 562. The van der Waals surface area contributed by atoms with Crippen molar-refractivity contribution in [1.29, 1.82) is 0 Å². The zero-order chi connectivity index (χ0) is 14.0. The lowest BCUT2D eigenvalue weighted by atomic mass is 10.3. The smallest absolute Gasteiger partial charge is 0.231 e. The van der Waals surface area contributed by atoms with Crippen LogP contribution in [0, 0.1) is 0 Å². The predicted octanol–water partition coefficient (Wildman–Crippen LogP) is -0.179. The van der Waals surface area contributed by atoms with E-state index in [4.69, 9.17) is 5.73 Å². The van der Waals surface area contributed by atoms with Crippen LogP contribution >= 0.6 is 0 Å². The van der Waals surface area contributed by atoms with Gasteiger partial charge in [-0.1, -0.05) is 0 Å². The molecule has 102 valence electrons. The molecule has 0 amide bonds. The average Bonchev–Trinajstić information content (AvgIpc) is 2.74. The van der Waals surface area contributed by atoms with Crippen LogP contribution in [0.1, 0.15) is 18.8 Å². The van der Waals surface area contributed by atoms with Crippen molar-refractivity contribution in [3.05, 3.63) is 12.2 Å². The molecule has 0 aliphatic carbocycles. The number of hydrogen-bond donors (Lipinski definition) is 2. The normalized spacial score (nSPS) is 12.2. The number of aryl methyl sites for hydroxylation is 1. The summed E-state index contributed by atoms with van der Waals surface area (Å²) in [5.41, 5.74) is 5.66. The van der Waals surface area contributed by atoms with Crippen LogP contribution in [-0.4, -0.2) is 43.8 Å². The molecule has 0 radical (unpaired) electrons. The molecule has 0 fully saturated rings. The fourth-order valence-corrected chi connectivity index (χ4v) is 1.59. The third-order valence-corrected chi connectivity index (χ3v) is 2.52. The van der Waals surface area contributed by atoms with Gasteiger partial charge in [0.2, 0.25) is 17.8 Å². The topological polar surface area (TPSA) is 111 Å². The maximum absolute atomic E-state index is 5.66. The standard InChI is InChI=1S/C10H17N9/c1-6(7-17-12-5-19(7)4)13-9-14-8(11)15-10(16-9)18(2)3/h5-6H,1-4H3,(H3,11,13,14,15,16). The van der Waals surface area contributed by atoms with Gasteiger partial charge in [-0.25, -0.2) is 0 Å². The minimum Gasteiger partial charge on any atom is -0.368 e. The summed E-state index contributed by atoms with van der Waals surface area (Å²) in [5.74, 6) is 1.86. The Kier molecular flexibility index (Phi) is 3.45. The molecule has 0 aromatic carbocycles. The van der Waals surface area contributed by atoms with E-state index in [0.717, 1.165) is 5.82 Å². The number of nitrogen functional groups attached to an aromatic ring is 1. The van der Waals surface area contributed by atoms with Gasteiger partial charge in [0.1, 0.15) is 6.33 Å². The Morgan fingerprint density at radius 2 is 2.05 bits per heavy atom. The van der Waals surface area contributed by atoms with Crippen LogP contribution in [-0.2, 0) is 7.05 Å². The van der Waals surface area contributed by atoms with Crippen molar-refractivity contribution in [1.82, 2.24) is 29.7 Å². The molecule has 1 unspecified atom stereocenters. The molecule has 0 aliphatic heterocycles. The molecule has 0 saturated heterocycles. The highest BCUT2D eigenvalue weighted by Gasteiger charge is 2.14. The van der Waals surface area contributed by atoms with Crippen molar-refractivity contribution < 1.29 is 0 Å². The highest BCUT2D eigenvalue weighted by Crippen LogP contribution is 2.16. The fraction of sp³-hybridized carbons (Fsp3) is 0.500. The SMILES string of the molecule is CC(Nc1nc(N)nc(N(C)C)n1)c1nncn1C. The number of nitrogens with zero attached hydrogens (tertiary/aromatic N) is 7. The lowest BCUT2D eigenvalue weighted by molar-refractivity contribution is 0.711. The van der Waals surface area contributed by atoms with Crippen molar-refractivity contribution in [2.45, 2.75) is 13.0 Å². The van der Waals surface area contributed by atoms with Gasteiger partial charge in [-0.3, -0.25) is 0 Å². The van der Waals surface area contributed by atoms with Gasteiger partial charge in [0, 0.05) is 21.1 Å². The first-order chi connectivity index (χ1) is 8.97. The van der Waals surface area contributed by atoms with E-state index in [0.29, 0.717) is 11.9 Å². The summed E-state index contributed by atoms with van der Waals surface area (Å²) in [6, 6.07) is -0.0932. The summed E-state index contributed by atoms with van der Waals surface area (Å²) in [6.45, 7) is 1.94. The Labute approximate surface area is 110 Å². The van der Waals surface area contributed by atoms with Gasteiger partial charge in [0.05, 0.1) is 6.04 Å². The van der Waals surface area contributed by atoms with Gasteiger partial charge >= 0.3 is 0 Å². The van der Waals surface area contributed by atoms with E-state index in [1.165, 1.54) is 0 Å². The molecule has 0 bridgehead atoms. The molecule has 2 aromatic heterocycles. The molecule has 1 atom stereocenters. The number of rotatable bonds is 4. The van der Waals surface area contributed by atoms with E-state index < -0.39 is 0 Å². The van der Waals surface area contributed by atoms with Crippen LogP contribution < -0.4 is 16.0 Å². The van der Waals surface area contributed by atoms with Crippen LogP contribution in [0.5, 0.6) is 0 Å². The molecule has 0 aliphatic rings. The quantitative estimate of drug-likeness (QED) is 0.781. The van der Waals surface area contributed by atoms with Gasteiger partial charge in [-0.15, -0.1) is 10.2 Å². The molecular weight excluding hydrogens is 246 g/mol. The van der Waals surface area contributed by atoms with Crippen molar-refractivity contribution in [2.75, 3.05) is 30.0 Å². The fourth-order valence-electron chi connectivity index (χ4n) is 1.59. The van der Waals surface area contributed by atoms with Gasteiger partial charge in [-0.05, 0) is 6.92 Å². The second kappa shape index (κ2) is 5.04. The Morgan fingerprint density at radius 1 is 1.32 bits per heavy atom. The highest BCUT2D eigenvalue weighted by atomic mass is 15.3. The molecule has 19 heavy (non-hydrogen) atoms. The van der Waals surface area contributed by atoms with Crippen molar-refractivity contribution in [3.63, 3.8) is 0 Å². The minimum absolute atomic E-state index is 0.0932. The second-order valence-corrected chi connectivity index (χ2v) is 4.38. The predicted molar refractivity (Wildman–Crippen MR) is 71.6 cm³/mol. The third kappa shape index (κ3) is 2.87. The molecule has 0 saturated carbocycles. The van der Waals surface area contributed by atoms with Crippen LogP contribution in [0.4, 0.5) is 17.8 Å². The number of nitrogens with one attached hydrogen (secondary N) is 1. The van der Waals surface area contributed by atoms with Gasteiger partial charge in [0.15, 0.2) is 5.82 Å². The van der Waals surface area contributed by atoms with E-state index in [9.17, 15) is 0 Å². The highest BCUT2D eigenvalue weighted by molar-refractivity contribution is 5.41. The van der Waals surface area contributed by atoms with Crippen LogP contribution in [0.15, 0.2) is 6.33 Å². The first kappa shape index (κ1) is 13.0. The van der Waals surface area contributed by atoms with E-state index in [-0.39, 0.29) is 12.0 Å². The van der Waals surface area contributed by atoms with E-state index in [2.05, 4.69) is 30.5 Å². The summed E-state index contributed by atoms with van der Waals surface area (Å²) in [7, 11) is 5.55. The first-order valence-electron chi connectivity index (χ1n) is 5.76. The summed E-state index contributed by atoms with van der Waals surface area (Å²) < 4.78 is 1.83. The summed E-state index contributed by atoms with van der Waals surface area (Å²) in [5, 5.41) is 11.0. The van der Waals surface area contributed by atoms with E-state index in [1.54, 1.807) is 11.2 Å². The largest absolute Gasteiger partial charge is 0.368 e. The summed E-state index contributed by atoms with van der Waals surface area (Å²) >= 11 is 0. The van der Waals surface area contributed by atoms with Crippen molar-refractivity contribution >= 4 is 17.8 Å². The lowest BCUT2D eigenvalue weighted by Gasteiger charge is -2.15. The second-order valence-electron chi connectivity index (χ2n) is 4.38. The molecule has 9 heteroatoms. The number of hydrogen-bond acceptors (Lipinski definition) is 8. The van der Waals surface area contributed by atoms with Crippen LogP contribution in [0.25, 0.3) is 0 Å². The summed E-state index contributed by atoms with van der Waals surface area (Å²) in [4.78, 5) is 14.1. The number of anilines is 3. The minimum atomic E-state index is -0.0932. The zero-order valence-electron chi connectivity index (χ0n) is 11.4. The van der Waals surface area contributed by atoms with E-state index in [1.807, 2.05) is 32.6 Å². The Hall–Kier alpha value is -2.45. The van der Waals surface area contributed by atoms with E-state index >= 15 is 0 Å². The van der Waals surface area contributed by atoms with Crippen LogP contribution in [0.2, 0.25) is 0 Å². The molecule has 2 heterocycles. The lowest BCUT2D eigenvalue weighted by Crippen LogP contribution is -2.18. The summed E-state index contributed by atoms with van der Waals surface area (Å²) in [6.07, 6.45) is 1.64. The van der Waals surface area contributed by atoms with Crippen LogP contribution in [0.3, 0.4) is 0 Å². The van der Waals surface area contributed by atoms with Gasteiger partial charge in [0.25, 0.3) is 0 Å². The molecule has 2 aromatic rings. The van der Waals surface area contributed by atoms with Gasteiger partial charge < -0.3 is 20.5 Å². The Morgan fingerprint density at radius 3 is 2.63 bits per heavy atom. The molecule has 3 N–H and O–H groups in total. The third-order valence-electron chi connectivity index (χ3n) is 2.52. The number of aromatic nitrogens is 6. The maximum atomic E-state index is 5.66. The van der Waals surface area contributed by atoms with Gasteiger partial charge in [-0.2, -0.15) is 15.0 Å². The maximum Gasteiger partial charge on any atom is 0.231 e. The molecule has 0 spiro atoms. The molecule has 2 rings (SSSR count). The average molecular weight is 263 g/mol. The van der Waals surface area contributed by atoms with Crippen molar-refractivity contribution in [3.8, 4) is 0 Å². The first-order valence-corrected chi connectivity index (χ1v) is 5.76.